The average Bonchev–Trinajstić information content (AvgIpc) is 3.20. The summed E-state index contributed by atoms with van der Waals surface area (Å²) >= 11 is 0. The van der Waals surface area contributed by atoms with Crippen molar-refractivity contribution in [3.8, 4) is 11.3 Å². The van der Waals surface area contributed by atoms with Crippen LogP contribution in [0.4, 0.5) is 5.69 Å². The zero-order chi connectivity index (χ0) is 20.3. The van der Waals surface area contributed by atoms with Crippen molar-refractivity contribution in [1.29, 1.82) is 0 Å². The van der Waals surface area contributed by atoms with E-state index in [0.717, 1.165) is 15.8 Å². The molecule has 0 atom stereocenters. The van der Waals surface area contributed by atoms with Crippen molar-refractivity contribution in [1.82, 2.24) is 23.1 Å². The van der Waals surface area contributed by atoms with Gasteiger partial charge >= 0.3 is 5.69 Å². The first-order valence-electron chi connectivity index (χ1n) is 8.66. The fraction of sp³-hybridized carbons (Fsp3) is 0.278. The summed E-state index contributed by atoms with van der Waals surface area (Å²) in [6, 6.07) is 6.22. The minimum atomic E-state index is -0.449. The van der Waals surface area contributed by atoms with Crippen molar-refractivity contribution in [3.63, 3.8) is 0 Å². The molecule has 0 aliphatic carbocycles. The van der Waals surface area contributed by atoms with Gasteiger partial charge in [-0.1, -0.05) is 0 Å². The van der Waals surface area contributed by atoms with Crippen molar-refractivity contribution >= 4 is 22.6 Å². The van der Waals surface area contributed by atoms with Gasteiger partial charge in [0, 0.05) is 44.0 Å². The van der Waals surface area contributed by atoms with Gasteiger partial charge in [0.1, 0.15) is 0 Å². The van der Waals surface area contributed by atoms with Crippen LogP contribution in [0.2, 0.25) is 0 Å². The number of hydrogen-bond acceptors (Lipinski definition) is 5. The molecule has 0 unspecified atom stereocenters. The van der Waals surface area contributed by atoms with Gasteiger partial charge in [-0.25, -0.2) is 4.79 Å². The van der Waals surface area contributed by atoms with Crippen molar-refractivity contribution in [2.75, 3.05) is 0 Å². The lowest BCUT2D eigenvalue weighted by molar-refractivity contribution is -0.384. The highest BCUT2D eigenvalue weighted by Crippen LogP contribution is 2.29. The van der Waals surface area contributed by atoms with Crippen LogP contribution in [0.3, 0.4) is 0 Å². The largest absolute Gasteiger partial charge is 0.332 e. The monoisotopic (exact) mass is 382 g/mol. The van der Waals surface area contributed by atoms with E-state index >= 15 is 0 Å². The second-order valence-electron chi connectivity index (χ2n) is 6.94. The molecule has 0 aliphatic rings. The van der Waals surface area contributed by atoms with Gasteiger partial charge in [0.25, 0.3) is 11.2 Å². The standard InChI is InChI=1S/C18H18N6O4/c1-10(2)23-13(11-5-7-12(8-6-11)24(27)28)9-22-14-15(19-17(22)23)20(3)18(26)21(4)16(14)25/h5-10H,1-4H3. The van der Waals surface area contributed by atoms with Crippen LogP contribution in [-0.2, 0) is 14.1 Å². The molecule has 10 heteroatoms. The van der Waals surface area contributed by atoms with E-state index in [0.29, 0.717) is 16.9 Å². The van der Waals surface area contributed by atoms with Crippen LogP contribution in [0, 0.1) is 10.1 Å². The van der Waals surface area contributed by atoms with Crippen LogP contribution in [0.5, 0.6) is 0 Å². The van der Waals surface area contributed by atoms with E-state index in [2.05, 4.69) is 4.98 Å². The first-order chi connectivity index (χ1) is 13.2. The summed E-state index contributed by atoms with van der Waals surface area (Å²) in [5.41, 5.74) is 1.29. The molecule has 3 heterocycles. The third kappa shape index (κ3) is 2.30. The minimum Gasteiger partial charge on any atom is -0.307 e. The molecule has 0 saturated heterocycles. The summed E-state index contributed by atoms with van der Waals surface area (Å²) in [5, 5.41) is 10.9. The van der Waals surface area contributed by atoms with Crippen LogP contribution in [0.25, 0.3) is 28.2 Å². The van der Waals surface area contributed by atoms with Crippen molar-refractivity contribution in [2.24, 2.45) is 14.1 Å². The summed E-state index contributed by atoms with van der Waals surface area (Å²) in [6.45, 7) is 3.96. The van der Waals surface area contributed by atoms with E-state index in [9.17, 15) is 19.7 Å². The molecular formula is C18H18N6O4. The fourth-order valence-electron chi connectivity index (χ4n) is 3.46. The maximum atomic E-state index is 12.7. The number of hydrogen-bond donors (Lipinski definition) is 0. The highest BCUT2D eigenvalue weighted by Gasteiger charge is 2.22. The minimum absolute atomic E-state index is 0.000356. The predicted molar refractivity (Wildman–Crippen MR) is 104 cm³/mol. The number of nitro benzene ring substituents is 1. The highest BCUT2D eigenvalue weighted by atomic mass is 16.6. The molecule has 28 heavy (non-hydrogen) atoms. The SMILES string of the molecule is CC(C)n1c(-c2ccc([N+](=O)[O-])cc2)cn2c3c(=O)n(C)c(=O)n(C)c3nc12. The lowest BCUT2D eigenvalue weighted by atomic mass is 10.1. The molecule has 144 valence electrons. The summed E-state index contributed by atoms with van der Waals surface area (Å²) in [7, 11) is 3.01. The Kier molecular flexibility index (Phi) is 3.74. The number of aryl methyl sites for hydroxylation is 1. The molecular weight excluding hydrogens is 364 g/mol. The van der Waals surface area contributed by atoms with E-state index in [1.807, 2.05) is 18.4 Å². The van der Waals surface area contributed by atoms with Crippen molar-refractivity contribution < 1.29 is 4.92 Å². The van der Waals surface area contributed by atoms with E-state index in [1.165, 1.54) is 23.7 Å². The second-order valence-corrected chi connectivity index (χ2v) is 6.94. The van der Waals surface area contributed by atoms with E-state index < -0.39 is 16.2 Å². The Morgan fingerprint density at radius 1 is 1.07 bits per heavy atom. The quantitative estimate of drug-likeness (QED) is 0.397. The lowest BCUT2D eigenvalue weighted by Crippen LogP contribution is -2.37. The second kappa shape index (κ2) is 5.91. The molecule has 10 nitrogen and oxygen atoms in total. The molecule has 4 aromatic rings. The number of nitro groups is 1. The van der Waals surface area contributed by atoms with Crippen molar-refractivity contribution in [2.45, 2.75) is 19.9 Å². The molecule has 3 aromatic heterocycles. The van der Waals surface area contributed by atoms with Gasteiger partial charge in [-0.2, -0.15) is 4.98 Å². The van der Waals surface area contributed by atoms with Gasteiger partial charge < -0.3 is 4.57 Å². The fourth-order valence-corrected chi connectivity index (χ4v) is 3.46. The summed E-state index contributed by atoms with van der Waals surface area (Å²) < 4.78 is 6.01. The van der Waals surface area contributed by atoms with Crippen LogP contribution in [0.1, 0.15) is 19.9 Å². The first-order valence-corrected chi connectivity index (χ1v) is 8.66. The van der Waals surface area contributed by atoms with E-state index in [1.54, 1.807) is 29.8 Å². The average molecular weight is 382 g/mol. The molecule has 4 rings (SSSR count). The van der Waals surface area contributed by atoms with E-state index in [4.69, 9.17) is 0 Å². The number of nitrogens with zero attached hydrogens (tertiary/aromatic N) is 6. The van der Waals surface area contributed by atoms with Crippen LogP contribution in [0.15, 0.2) is 40.1 Å². The van der Waals surface area contributed by atoms with Crippen molar-refractivity contribution in [3.05, 3.63) is 61.4 Å². The maximum Gasteiger partial charge on any atom is 0.332 e. The molecule has 0 aliphatic heterocycles. The molecule has 0 saturated carbocycles. The van der Waals surface area contributed by atoms with Crippen LogP contribution >= 0.6 is 0 Å². The molecule has 0 N–H and O–H groups in total. The molecule has 0 fully saturated rings. The zero-order valence-electron chi connectivity index (χ0n) is 15.8. The topological polar surface area (TPSA) is 109 Å². The zero-order valence-corrected chi connectivity index (χ0v) is 15.8. The number of aromatic nitrogens is 5. The third-order valence-corrected chi connectivity index (χ3v) is 4.89. The van der Waals surface area contributed by atoms with Crippen LogP contribution < -0.4 is 11.2 Å². The van der Waals surface area contributed by atoms with Crippen LogP contribution in [-0.4, -0.2) is 28.0 Å². The third-order valence-electron chi connectivity index (χ3n) is 4.89. The molecule has 0 radical (unpaired) electrons. The molecule has 0 bridgehead atoms. The Hall–Kier alpha value is -3.69. The highest BCUT2D eigenvalue weighted by molar-refractivity contribution is 5.78. The number of fused-ring (bicyclic) bond motifs is 3. The van der Waals surface area contributed by atoms with E-state index in [-0.39, 0.29) is 11.7 Å². The number of benzene rings is 1. The van der Waals surface area contributed by atoms with Gasteiger partial charge in [0.2, 0.25) is 5.78 Å². The number of non-ortho nitro benzene ring substituents is 1. The summed E-state index contributed by atoms with van der Waals surface area (Å²) in [6.07, 6.45) is 1.78. The normalized spacial score (nSPS) is 11.8. The Balaban J connectivity index is 2.09. The van der Waals surface area contributed by atoms with Gasteiger partial charge in [0.05, 0.1) is 10.6 Å². The van der Waals surface area contributed by atoms with Gasteiger partial charge in [-0.05, 0) is 26.0 Å². The first kappa shape index (κ1) is 17.7. The molecule has 1 aromatic carbocycles. The molecule has 0 amide bonds. The Morgan fingerprint density at radius 2 is 1.71 bits per heavy atom. The Morgan fingerprint density at radius 3 is 2.29 bits per heavy atom. The van der Waals surface area contributed by atoms with Gasteiger partial charge in [-0.3, -0.25) is 28.4 Å². The molecule has 0 spiro atoms. The Labute approximate surface area is 158 Å². The number of rotatable bonds is 3. The van der Waals surface area contributed by atoms with Gasteiger partial charge in [0.15, 0.2) is 11.2 Å². The lowest BCUT2D eigenvalue weighted by Gasteiger charge is -2.12. The Bertz CT molecular complexity index is 1370. The summed E-state index contributed by atoms with van der Waals surface area (Å²) in [5.74, 6) is 0.525. The van der Waals surface area contributed by atoms with Gasteiger partial charge in [-0.15, -0.1) is 0 Å². The maximum absolute atomic E-state index is 12.7. The summed E-state index contributed by atoms with van der Waals surface area (Å²) in [4.78, 5) is 40.0. The smallest absolute Gasteiger partial charge is 0.307 e. The number of imidazole rings is 2. The predicted octanol–water partition coefficient (Wildman–Crippen LogP) is 1.84.